The molecular weight excluding hydrogens is 326 g/mol. The zero-order chi connectivity index (χ0) is 18.5. The molecule has 0 spiro atoms. The van der Waals surface area contributed by atoms with Crippen LogP contribution in [0.15, 0.2) is 12.2 Å². The van der Waals surface area contributed by atoms with Crippen LogP contribution in [0.4, 0.5) is 0 Å². The molecule has 144 valence electrons. The lowest BCUT2D eigenvalue weighted by molar-refractivity contribution is -0.133. The molecule has 1 saturated carbocycles. The lowest BCUT2D eigenvalue weighted by Crippen LogP contribution is -2.54. The Labute approximate surface area is 156 Å². The highest BCUT2D eigenvalue weighted by molar-refractivity contribution is 6.73. The van der Waals surface area contributed by atoms with Gasteiger partial charge in [-0.25, -0.2) is 0 Å². The number of hydrogen-bond donors (Lipinski definition) is 0. The van der Waals surface area contributed by atoms with E-state index in [-0.39, 0.29) is 5.60 Å². The van der Waals surface area contributed by atoms with Gasteiger partial charge in [-0.15, -0.1) is 0 Å². The number of hydrogen-bond acceptors (Lipinski definition) is 2. The molecule has 1 saturated heterocycles. The Morgan fingerprint density at radius 1 is 1.12 bits per heavy atom. The fourth-order valence-corrected chi connectivity index (χ4v) is 8.07. The number of nitrogens with zero attached hydrogens (tertiary/aromatic N) is 1. The Balaban J connectivity index is 2.24. The molecule has 0 unspecified atom stereocenters. The van der Waals surface area contributed by atoms with E-state index in [0.717, 1.165) is 62.5 Å². The normalized spacial score (nSPS) is 27.5. The highest BCUT2D eigenvalue weighted by Gasteiger charge is 2.48. The van der Waals surface area contributed by atoms with E-state index in [1.54, 1.807) is 0 Å². The molecule has 0 aromatic rings. The Bertz CT molecular complexity index is 460. The van der Waals surface area contributed by atoms with Gasteiger partial charge in [0, 0.05) is 19.5 Å². The van der Waals surface area contributed by atoms with E-state index in [9.17, 15) is 4.79 Å². The molecule has 2 atom stereocenters. The Morgan fingerprint density at radius 2 is 1.72 bits per heavy atom. The van der Waals surface area contributed by atoms with E-state index < -0.39 is 8.32 Å². The minimum absolute atomic E-state index is 0.262. The quantitative estimate of drug-likeness (QED) is 0.418. The van der Waals surface area contributed by atoms with Crippen LogP contribution in [0.3, 0.4) is 0 Å². The first-order valence-electron chi connectivity index (χ1n) is 10.6. The summed E-state index contributed by atoms with van der Waals surface area (Å²) < 4.78 is 7.12. The van der Waals surface area contributed by atoms with E-state index in [1.165, 1.54) is 12.8 Å². The van der Waals surface area contributed by atoms with Crippen LogP contribution in [-0.2, 0) is 9.22 Å². The minimum Gasteiger partial charge on any atom is -0.407 e. The van der Waals surface area contributed by atoms with E-state index in [1.807, 2.05) is 0 Å². The molecule has 0 N–H and O–H groups in total. The molecule has 1 heterocycles. The van der Waals surface area contributed by atoms with E-state index in [2.05, 4.69) is 39.2 Å². The van der Waals surface area contributed by atoms with Crippen molar-refractivity contribution in [2.24, 2.45) is 5.92 Å². The molecule has 0 bridgehead atoms. The van der Waals surface area contributed by atoms with Gasteiger partial charge in [0.05, 0.1) is 5.60 Å². The number of carbonyl (C=O) groups is 1. The molecule has 0 aromatic heterocycles. The number of rotatable bonds is 8. The summed E-state index contributed by atoms with van der Waals surface area (Å²) in [6.07, 6.45) is 7.54. The number of carbonyl (C=O) groups excluding carboxylic acids is 1. The zero-order valence-electron chi connectivity index (χ0n) is 17.0. The number of likely N-dealkylation sites (tertiary alicyclic amines) is 1. The van der Waals surface area contributed by atoms with Gasteiger partial charge < -0.3 is 9.33 Å². The van der Waals surface area contributed by atoms with Crippen LogP contribution in [-0.4, -0.2) is 37.8 Å². The van der Waals surface area contributed by atoms with Gasteiger partial charge in [-0.2, -0.15) is 0 Å². The summed E-state index contributed by atoms with van der Waals surface area (Å²) in [5.74, 6) is 0.652. The summed E-state index contributed by atoms with van der Waals surface area (Å²) in [5, 5.41) is 0. The Kier molecular flexibility index (Phi) is 7.33. The van der Waals surface area contributed by atoms with Crippen molar-refractivity contribution in [3.05, 3.63) is 12.2 Å². The summed E-state index contributed by atoms with van der Waals surface area (Å²) in [5.41, 5.74) is 0.890. The first kappa shape index (κ1) is 20.7. The van der Waals surface area contributed by atoms with Crippen molar-refractivity contribution in [3.8, 4) is 0 Å². The van der Waals surface area contributed by atoms with Crippen LogP contribution in [0.2, 0.25) is 18.1 Å². The first-order chi connectivity index (χ1) is 11.9. The molecule has 0 radical (unpaired) electrons. The third-order valence-electron chi connectivity index (χ3n) is 6.94. The van der Waals surface area contributed by atoms with Gasteiger partial charge in [0.25, 0.3) is 0 Å². The molecule has 1 aliphatic carbocycles. The smallest absolute Gasteiger partial charge is 0.222 e. The largest absolute Gasteiger partial charge is 0.407 e. The molecule has 25 heavy (non-hydrogen) atoms. The Morgan fingerprint density at radius 3 is 2.24 bits per heavy atom. The zero-order valence-corrected chi connectivity index (χ0v) is 18.0. The van der Waals surface area contributed by atoms with E-state index in [0.29, 0.717) is 18.2 Å². The molecule has 4 heteroatoms. The summed E-state index contributed by atoms with van der Waals surface area (Å²) in [6, 6.07) is 3.46. The molecule has 2 aliphatic rings. The van der Waals surface area contributed by atoms with Crippen molar-refractivity contribution in [3.63, 3.8) is 0 Å². The minimum atomic E-state index is -1.75. The highest BCUT2D eigenvalue weighted by Crippen LogP contribution is 2.46. The number of amides is 1. The second-order valence-corrected chi connectivity index (χ2v) is 12.9. The lowest BCUT2D eigenvalue weighted by Gasteiger charge is -2.50. The molecule has 1 amide bonds. The van der Waals surface area contributed by atoms with Crippen molar-refractivity contribution in [2.75, 3.05) is 13.1 Å². The summed E-state index contributed by atoms with van der Waals surface area (Å²) in [7, 11) is -1.75. The fraction of sp³-hybridized carbons (Fsp3) is 0.857. The van der Waals surface area contributed by atoms with Gasteiger partial charge in [0.2, 0.25) is 5.91 Å². The predicted molar refractivity (Wildman–Crippen MR) is 108 cm³/mol. The topological polar surface area (TPSA) is 29.5 Å². The summed E-state index contributed by atoms with van der Waals surface area (Å²) >= 11 is 0. The van der Waals surface area contributed by atoms with Crippen LogP contribution in [0.1, 0.15) is 72.6 Å². The first-order valence-corrected chi connectivity index (χ1v) is 13.1. The standard InChI is InChI=1S/C21H39NO2Si/c1-6-25(7-2,8-3)24-21(18(4)5)14-10-9-13-19(21)17-20(23)22-15-11-12-16-22/h19H,4,6-17H2,1-3,5H3/t19-,21+/m1/s1. The van der Waals surface area contributed by atoms with Gasteiger partial charge in [-0.3, -0.25) is 4.79 Å². The van der Waals surface area contributed by atoms with Crippen LogP contribution in [0.25, 0.3) is 0 Å². The van der Waals surface area contributed by atoms with Crippen molar-refractivity contribution in [2.45, 2.75) is 96.4 Å². The Hall–Kier alpha value is -0.613. The van der Waals surface area contributed by atoms with E-state index >= 15 is 0 Å². The maximum absolute atomic E-state index is 12.9. The van der Waals surface area contributed by atoms with Crippen LogP contribution >= 0.6 is 0 Å². The second-order valence-electron chi connectivity index (χ2n) is 8.25. The summed E-state index contributed by atoms with van der Waals surface area (Å²) in [4.78, 5) is 14.9. The molecular formula is C21H39NO2Si. The fourth-order valence-electron chi connectivity index (χ4n) is 4.93. The maximum Gasteiger partial charge on any atom is 0.222 e. The lowest BCUT2D eigenvalue weighted by atomic mass is 9.70. The predicted octanol–water partition coefficient (Wildman–Crippen LogP) is 5.53. The molecule has 0 aromatic carbocycles. The maximum atomic E-state index is 12.9. The monoisotopic (exact) mass is 365 g/mol. The molecule has 2 fully saturated rings. The molecule has 3 nitrogen and oxygen atoms in total. The van der Waals surface area contributed by atoms with Crippen LogP contribution in [0, 0.1) is 5.92 Å². The van der Waals surface area contributed by atoms with Gasteiger partial charge in [-0.05, 0) is 62.2 Å². The third kappa shape index (κ3) is 4.39. The van der Waals surface area contributed by atoms with Crippen molar-refractivity contribution >= 4 is 14.2 Å². The van der Waals surface area contributed by atoms with Gasteiger partial charge in [-0.1, -0.05) is 40.2 Å². The average Bonchev–Trinajstić information content (AvgIpc) is 3.16. The summed E-state index contributed by atoms with van der Waals surface area (Å²) in [6.45, 7) is 15.3. The van der Waals surface area contributed by atoms with Crippen molar-refractivity contribution in [1.29, 1.82) is 0 Å². The van der Waals surface area contributed by atoms with Crippen LogP contribution in [0.5, 0.6) is 0 Å². The second kappa shape index (κ2) is 8.85. The molecule has 2 rings (SSSR count). The van der Waals surface area contributed by atoms with Gasteiger partial charge in [0.15, 0.2) is 8.32 Å². The highest BCUT2D eigenvalue weighted by atomic mass is 28.4. The third-order valence-corrected chi connectivity index (χ3v) is 11.6. The SMILES string of the molecule is C=C(C)[C@@]1(O[Si](CC)(CC)CC)CCCC[C@@H]1CC(=O)N1CCCC1. The van der Waals surface area contributed by atoms with Gasteiger partial charge >= 0.3 is 0 Å². The van der Waals surface area contributed by atoms with Crippen LogP contribution < -0.4 is 0 Å². The van der Waals surface area contributed by atoms with Crippen molar-refractivity contribution < 1.29 is 9.22 Å². The average molecular weight is 366 g/mol. The van der Waals surface area contributed by atoms with Gasteiger partial charge in [0.1, 0.15) is 0 Å². The van der Waals surface area contributed by atoms with E-state index in [4.69, 9.17) is 4.43 Å². The molecule has 1 aliphatic heterocycles. The van der Waals surface area contributed by atoms with Crippen molar-refractivity contribution in [1.82, 2.24) is 4.90 Å².